The largest absolute Gasteiger partial charge is 0.497 e. The number of aryl methyl sites for hydroxylation is 1. The number of hydrogen-bond donors (Lipinski definition) is 2. The fraction of sp³-hybridized carbons (Fsp3) is 0.316. The van der Waals surface area contributed by atoms with Crippen molar-refractivity contribution in [1.82, 2.24) is 19.9 Å². The third kappa shape index (κ3) is 8.68. The smallest absolute Gasteiger partial charge is 0.410 e. The molecule has 1 atom stereocenters. The molecule has 0 bridgehead atoms. The number of benzene rings is 3. The summed E-state index contributed by atoms with van der Waals surface area (Å²) in [6, 6.07) is 18.1. The molecule has 3 heterocycles. The summed E-state index contributed by atoms with van der Waals surface area (Å²) in [6.45, 7) is 8.43. The maximum Gasteiger partial charge on any atom is 0.410 e. The van der Waals surface area contributed by atoms with E-state index in [1.165, 1.54) is 13.2 Å². The molecule has 1 amide bonds. The molecule has 1 aliphatic heterocycles. The number of nitrogens with one attached hydrogen (secondary N) is 2. The van der Waals surface area contributed by atoms with E-state index in [0.29, 0.717) is 58.1 Å². The molecule has 0 saturated carbocycles. The molecule has 2 aromatic heterocycles. The lowest BCUT2D eigenvalue weighted by Gasteiger charge is -2.34. The fourth-order valence-corrected chi connectivity index (χ4v) is 7.19. The van der Waals surface area contributed by atoms with Gasteiger partial charge in [0.05, 0.1) is 29.8 Å². The Kier molecular flexibility index (Phi) is 10.5. The number of rotatable bonds is 10. The van der Waals surface area contributed by atoms with E-state index in [1.54, 1.807) is 71.9 Å². The molecular formula is C38H41FN6O6S. The summed E-state index contributed by atoms with van der Waals surface area (Å²) in [5.41, 5.74) is 1.54. The van der Waals surface area contributed by atoms with Crippen LogP contribution >= 0.6 is 0 Å². The lowest BCUT2D eigenvalue weighted by Crippen LogP contribution is -2.47. The molecule has 0 spiro atoms. The van der Waals surface area contributed by atoms with E-state index in [0.717, 1.165) is 18.4 Å². The lowest BCUT2D eigenvalue weighted by atomic mass is 10.0. The number of carbonyl (C=O) groups is 1. The standard InChI is InChI=1S/C38H41FN6O6S/c1-24-13-14-28-29(15-16-31(39)33(28)44-52(47,48)23-25-9-6-11-27(21-25)49-5)34(24)50-35-30(12-7-18-40-35)32-17-19-41-36(43-32)42-26-10-8-20-45(22-26)37(46)51-38(2,3)4/h6-7,9,11-19,21,26,44H,8,10,20,22-23H2,1-5H3,(H,41,42,43). The summed E-state index contributed by atoms with van der Waals surface area (Å²) in [4.78, 5) is 28.1. The first-order valence-electron chi connectivity index (χ1n) is 16.8. The average Bonchev–Trinajstić information content (AvgIpc) is 3.10. The first-order valence-corrected chi connectivity index (χ1v) is 18.5. The molecule has 0 radical (unpaired) electrons. The van der Waals surface area contributed by atoms with Crippen molar-refractivity contribution < 1.29 is 31.8 Å². The van der Waals surface area contributed by atoms with Crippen LogP contribution in [0, 0.1) is 12.7 Å². The highest BCUT2D eigenvalue weighted by atomic mass is 32.2. The van der Waals surface area contributed by atoms with Gasteiger partial charge < -0.3 is 24.4 Å². The zero-order valence-electron chi connectivity index (χ0n) is 29.6. The minimum Gasteiger partial charge on any atom is -0.497 e. The number of pyridine rings is 1. The molecule has 1 aliphatic rings. The monoisotopic (exact) mass is 728 g/mol. The van der Waals surface area contributed by atoms with Gasteiger partial charge in [-0.3, -0.25) is 4.72 Å². The number of aromatic nitrogens is 3. The van der Waals surface area contributed by atoms with Gasteiger partial charge in [-0.25, -0.2) is 32.6 Å². The number of amides is 1. The summed E-state index contributed by atoms with van der Waals surface area (Å²) in [6.07, 6.45) is 4.50. The number of ether oxygens (including phenoxy) is 3. The quantitative estimate of drug-likeness (QED) is 0.147. The number of sulfonamides is 1. The summed E-state index contributed by atoms with van der Waals surface area (Å²) < 4.78 is 61.6. The fourth-order valence-electron chi connectivity index (χ4n) is 5.98. The third-order valence-corrected chi connectivity index (χ3v) is 9.58. The van der Waals surface area contributed by atoms with Gasteiger partial charge in [-0.1, -0.05) is 24.3 Å². The van der Waals surface area contributed by atoms with E-state index in [2.05, 4.69) is 20.0 Å². The van der Waals surface area contributed by atoms with Crippen LogP contribution in [0.3, 0.4) is 0 Å². The molecule has 272 valence electrons. The molecular weight excluding hydrogens is 688 g/mol. The number of nitrogens with zero attached hydrogens (tertiary/aromatic N) is 4. The van der Waals surface area contributed by atoms with Crippen molar-refractivity contribution >= 4 is 38.5 Å². The Morgan fingerprint density at radius 1 is 1.02 bits per heavy atom. The Balaban J connectivity index is 1.25. The molecule has 52 heavy (non-hydrogen) atoms. The van der Waals surface area contributed by atoms with Crippen molar-refractivity contribution in [1.29, 1.82) is 0 Å². The average molecular weight is 729 g/mol. The zero-order valence-corrected chi connectivity index (χ0v) is 30.5. The van der Waals surface area contributed by atoms with Gasteiger partial charge in [-0.15, -0.1) is 0 Å². The number of anilines is 2. The number of methoxy groups -OCH3 is 1. The van der Waals surface area contributed by atoms with Crippen LogP contribution in [0.15, 0.2) is 79.1 Å². The highest BCUT2D eigenvalue weighted by Gasteiger charge is 2.28. The number of carbonyl (C=O) groups excluding carboxylic acids is 1. The SMILES string of the molecule is COc1cccc(CS(=O)(=O)Nc2c(F)ccc3c(Oc4ncccc4-c4ccnc(NC5CCCN(C(=O)OC(C)(C)C)C5)n4)c(C)ccc23)c1. The van der Waals surface area contributed by atoms with Crippen molar-refractivity contribution in [3.63, 3.8) is 0 Å². The van der Waals surface area contributed by atoms with Gasteiger partial charge in [-0.2, -0.15) is 0 Å². The Morgan fingerprint density at radius 2 is 1.83 bits per heavy atom. The van der Waals surface area contributed by atoms with E-state index in [-0.39, 0.29) is 29.5 Å². The van der Waals surface area contributed by atoms with Gasteiger partial charge in [0.2, 0.25) is 21.9 Å². The van der Waals surface area contributed by atoms with Crippen molar-refractivity contribution in [2.45, 2.75) is 57.9 Å². The van der Waals surface area contributed by atoms with E-state index in [1.807, 2.05) is 33.8 Å². The van der Waals surface area contributed by atoms with Crippen molar-refractivity contribution in [2.75, 3.05) is 30.2 Å². The van der Waals surface area contributed by atoms with Gasteiger partial charge >= 0.3 is 6.09 Å². The Hall–Kier alpha value is -5.50. The van der Waals surface area contributed by atoms with E-state index in [9.17, 15) is 13.2 Å². The highest BCUT2D eigenvalue weighted by Crippen LogP contribution is 2.40. The summed E-state index contributed by atoms with van der Waals surface area (Å²) >= 11 is 0. The number of likely N-dealkylation sites (tertiary alicyclic amines) is 1. The van der Waals surface area contributed by atoms with Gasteiger partial charge in [0.1, 0.15) is 22.9 Å². The molecule has 12 nitrogen and oxygen atoms in total. The Labute approximate surface area is 302 Å². The maximum atomic E-state index is 15.3. The van der Waals surface area contributed by atoms with Crippen LogP contribution in [0.25, 0.3) is 22.0 Å². The summed E-state index contributed by atoms with van der Waals surface area (Å²) in [5.74, 6) is 0.392. The molecule has 0 aliphatic carbocycles. The predicted octanol–water partition coefficient (Wildman–Crippen LogP) is 7.69. The summed E-state index contributed by atoms with van der Waals surface area (Å²) in [5, 5.41) is 4.16. The molecule has 5 aromatic rings. The molecule has 14 heteroatoms. The van der Waals surface area contributed by atoms with Crippen molar-refractivity contribution in [2.24, 2.45) is 0 Å². The second-order valence-corrected chi connectivity index (χ2v) is 15.3. The Morgan fingerprint density at radius 3 is 2.62 bits per heavy atom. The van der Waals surface area contributed by atoms with Gasteiger partial charge in [0.15, 0.2) is 0 Å². The van der Waals surface area contributed by atoms with E-state index >= 15 is 4.39 Å². The topological polar surface area (TPSA) is 145 Å². The normalized spacial score (nSPS) is 14.9. The van der Waals surface area contributed by atoms with Crippen LogP contribution in [0.2, 0.25) is 0 Å². The Bertz CT molecular complexity index is 2210. The third-order valence-electron chi connectivity index (χ3n) is 8.35. The minimum absolute atomic E-state index is 0.0815. The number of piperidine rings is 1. The second kappa shape index (κ2) is 15.0. The number of fused-ring (bicyclic) bond motifs is 1. The molecule has 1 unspecified atom stereocenters. The first kappa shape index (κ1) is 36.3. The van der Waals surface area contributed by atoms with Crippen LogP contribution in [0.4, 0.5) is 20.8 Å². The van der Waals surface area contributed by atoms with Gasteiger partial charge in [-0.05, 0) is 94.1 Å². The molecule has 1 fully saturated rings. The lowest BCUT2D eigenvalue weighted by molar-refractivity contribution is 0.0206. The predicted molar refractivity (Wildman–Crippen MR) is 198 cm³/mol. The highest BCUT2D eigenvalue weighted by molar-refractivity contribution is 7.91. The molecule has 1 saturated heterocycles. The van der Waals surface area contributed by atoms with Gasteiger partial charge in [0, 0.05) is 42.3 Å². The minimum atomic E-state index is -4.03. The molecule has 3 aromatic carbocycles. The van der Waals surface area contributed by atoms with Crippen LogP contribution in [0.5, 0.6) is 17.4 Å². The van der Waals surface area contributed by atoms with Crippen LogP contribution in [0.1, 0.15) is 44.7 Å². The number of hydrogen-bond acceptors (Lipinski definition) is 10. The second-order valence-electron chi connectivity index (χ2n) is 13.6. The van der Waals surface area contributed by atoms with E-state index < -0.39 is 21.4 Å². The molecule has 2 N–H and O–H groups in total. The summed E-state index contributed by atoms with van der Waals surface area (Å²) in [7, 11) is -2.53. The van der Waals surface area contributed by atoms with Crippen LogP contribution in [-0.2, 0) is 20.5 Å². The van der Waals surface area contributed by atoms with Crippen molar-refractivity contribution in [3.05, 3.63) is 96.1 Å². The first-order chi connectivity index (χ1) is 24.8. The van der Waals surface area contributed by atoms with Crippen LogP contribution < -0.4 is 19.5 Å². The van der Waals surface area contributed by atoms with Crippen LogP contribution in [-0.4, -0.2) is 66.2 Å². The molecule has 6 rings (SSSR count). The van der Waals surface area contributed by atoms with Gasteiger partial charge in [0.25, 0.3) is 0 Å². The number of halogens is 1. The van der Waals surface area contributed by atoms with Crippen molar-refractivity contribution in [3.8, 4) is 28.6 Å². The van der Waals surface area contributed by atoms with E-state index in [4.69, 9.17) is 19.2 Å². The zero-order chi connectivity index (χ0) is 37.0. The maximum absolute atomic E-state index is 15.3.